The minimum absolute atomic E-state index is 0.0278. The third kappa shape index (κ3) is 2.75. The molecule has 1 fully saturated rings. The molecule has 2 aliphatic rings. The Bertz CT molecular complexity index is 883. The van der Waals surface area contributed by atoms with Gasteiger partial charge >= 0.3 is 0 Å². The van der Waals surface area contributed by atoms with Gasteiger partial charge in [0.2, 0.25) is 0 Å². The van der Waals surface area contributed by atoms with Crippen molar-refractivity contribution >= 4 is 15.9 Å². The smallest absolute Gasteiger partial charge is 0.286 e. The maximum atomic E-state index is 12.3. The number of oxazole rings is 1. The Labute approximate surface area is 132 Å². The van der Waals surface area contributed by atoms with Crippen molar-refractivity contribution in [2.24, 2.45) is 0 Å². The first-order valence-corrected chi connectivity index (χ1v) is 8.73. The van der Waals surface area contributed by atoms with Gasteiger partial charge in [0.15, 0.2) is 11.6 Å². The number of carbonyl (C=O) groups excluding carboxylic acids is 1. The standard InChI is InChI=1S/C15H14N2O5S/c18-14(13-8-22-15(16-13)9-1-2-9)17-23(19,20)12-4-3-10-6-21-7-11(10)5-12/h3-5,8-9H,1-2,6-7H2,(H,17,18). The van der Waals surface area contributed by atoms with Crippen molar-refractivity contribution in [3.63, 3.8) is 0 Å². The van der Waals surface area contributed by atoms with Gasteiger partial charge in [-0.25, -0.2) is 18.1 Å². The van der Waals surface area contributed by atoms with E-state index < -0.39 is 15.9 Å². The van der Waals surface area contributed by atoms with Crippen molar-refractivity contribution in [2.45, 2.75) is 36.9 Å². The molecule has 0 bridgehead atoms. The summed E-state index contributed by atoms with van der Waals surface area (Å²) in [5, 5.41) is 0. The van der Waals surface area contributed by atoms with E-state index in [4.69, 9.17) is 9.15 Å². The van der Waals surface area contributed by atoms with Crippen LogP contribution in [0, 0.1) is 0 Å². The minimum Gasteiger partial charge on any atom is -0.448 e. The molecule has 0 atom stereocenters. The second-order valence-corrected chi connectivity index (χ2v) is 7.39. The molecule has 1 aliphatic carbocycles. The Morgan fingerprint density at radius 2 is 2.00 bits per heavy atom. The van der Waals surface area contributed by atoms with E-state index in [0.29, 0.717) is 19.1 Å². The molecule has 2 heterocycles. The number of benzene rings is 1. The van der Waals surface area contributed by atoms with Gasteiger partial charge < -0.3 is 9.15 Å². The molecule has 2 aromatic rings. The van der Waals surface area contributed by atoms with Gasteiger partial charge in [-0.15, -0.1) is 0 Å². The summed E-state index contributed by atoms with van der Waals surface area (Å²) in [4.78, 5) is 16.2. The third-order valence-corrected chi connectivity index (χ3v) is 5.24. The van der Waals surface area contributed by atoms with Crippen molar-refractivity contribution < 1.29 is 22.4 Å². The zero-order chi connectivity index (χ0) is 16.0. The van der Waals surface area contributed by atoms with Crippen LogP contribution < -0.4 is 4.72 Å². The van der Waals surface area contributed by atoms with Crippen molar-refractivity contribution in [3.8, 4) is 0 Å². The first-order chi connectivity index (χ1) is 11.0. The number of rotatable bonds is 4. The zero-order valence-electron chi connectivity index (χ0n) is 12.1. The molecule has 120 valence electrons. The summed E-state index contributed by atoms with van der Waals surface area (Å²) in [5.74, 6) is -0.0514. The highest BCUT2D eigenvalue weighted by Gasteiger charge is 2.30. The summed E-state index contributed by atoms with van der Waals surface area (Å²) in [5.41, 5.74) is 1.75. The van der Waals surface area contributed by atoms with E-state index in [1.54, 1.807) is 6.07 Å². The normalized spacial score (nSPS) is 17.0. The van der Waals surface area contributed by atoms with E-state index in [1.807, 2.05) is 4.72 Å². The van der Waals surface area contributed by atoms with Crippen LogP contribution in [0.5, 0.6) is 0 Å². The summed E-state index contributed by atoms with van der Waals surface area (Å²) < 4.78 is 37.2. The molecule has 0 unspecified atom stereocenters. The van der Waals surface area contributed by atoms with Crippen molar-refractivity contribution in [1.82, 2.24) is 9.71 Å². The number of fused-ring (bicyclic) bond motifs is 1. The number of ether oxygens (including phenoxy) is 1. The predicted molar refractivity (Wildman–Crippen MR) is 78.1 cm³/mol. The van der Waals surface area contributed by atoms with Gasteiger partial charge in [-0.05, 0) is 36.1 Å². The topological polar surface area (TPSA) is 98.5 Å². The van der Waals surface area contributed by atoms with Gasteiger partial charge in [0, 0.05) is 5.92 Å². The maximum absolute atomic E-state index is 12.3. The average Bonchev–Trinajstić information content (AvgIpc) is 3.07. The molecule has 1 aromatic heterocycles. The largest absolute Gasteiger partial charge is 0.448 e. The molecule has 8 heteroatoms. The zero-order valence-corrected chi connectivity index (χ0v) is 12.9. The SMILES string of the molecule is O=C(NS(=O)(=O)c1ccc2c(c1)COC2)c1coc(C2CC2)n1. The van der Waals surface area contributed by atoms with Crippen LogP contribution >= 0.6 is 0 Å². The van der Waals surface area contributed by atoms with Gasteiger partial charge in [0.25, 0.3) is 15.9 Å². The highest BCUT2D eigenvalue weighted by atomic mass is 32.2. The van der Waals surface area contributed by atoms with Gasteiger partial charge in [-0.1, -0.05) is 6.07 Å². The summed E-state index contributed by atoms with van der Waals surface area (Å²) in [7, 11) is -3.96. The average molecular weight is 334 g/mol. The highest BCUT2D eigenvalue weighted by molar-refractivity contribution is 7.90. The lowest BCUT2D eigenvalue weighted by atomic mass is 10.1. The molecular weight excluding hydrogens is 320 g/mol. The number of hydrogen-bond acceptors (Lipinski definition) is 6. The fourth-order valence-electron chi connectivity index (χ4n) is 2.46. The fourth-order valence-corrected chi connectivity index (χ4v) is 3.47. The Hall–Kier alpha value is -2.19. The first-order valence-electron chi connectivity index (χ1n) is 7.25. The Balaban J connectivity index is 1.55. The molecule has 1 saturated carbocycles. The molecule has 0 radical (unpaired) electrons. The van der Waals surface area contributed by atoms with Gasteiger partial charge in [-0.3, -0.25) is 4.79 Å². The predicted octanol–water partition coefficient (Wildman–Crippen LogP) is 1.70. The van der Waals surface area contributed by atoms with E-state index in [-0.39, 0.29) is 16.5 Å². The number of sulfonamides is 1. The first kappa shape index (κ1) is 14.4. The second kappa shape index (κ2) is 5.17. The van der Waals surface area contributed by atoms with Crippen LogP contribution in [0.1, 0.15) is 46.3 Å². The molecule has 1 N–H and O–H groups in total. The lowest BCUT2D eigenvalue weighted by molar-refractivity contribution is 0.0976. The minimum atomic E-state index is -3.96. The van der Waals surface area contributed by atoms with Crippen LogP contribution in [0.4, 0.5) is 0 Å². The number of hydrogen-bond donors (Lipinski definition) is 1. The van der Waals surface area contributed by atoms with Gasteiger partial charge in [-0.2, -0.15) is 0 Å². The van der Waals surface area contributed by atoms with Crippen LogP contribution in [0.3, 0.4) is 0 Å². The number of carbonyl (C=O) groups is 1. The Kier molecular flexibility index (Phi) is 3.24. The highest BCUT2D eigenvalue weighted by Crippen LogP contribution is 2.39. The van der Waals surface area contributed by atoms with Crippen molar-refractivity contribution in [3.05, 3.63) is 47.2 Å². The van der Waals surface area contributed by atoms with E-state index in [2.05, 4.69) is 4.98 Å². The Morgan fingerprint density at radius 1 is 1.22 bits per heavy atom. The van der Waals surface area contributed by atoms with Gasteiger partial charge in [0.05, 0.1) is 18.1 Å². The molecule has 1 aromatic carbocycles. The van der Waals surface area contributed by atoms with Crippen LogP contribution in [-0.2, 0) is 28.0 Å². The molecule has 23 heavy (non-hydrogen) atoms. The van der Waals surface area contributed by atoms with Crippen LogP contribution in [0.15, 0.2) is 33.8 Å². The lowest BCUT2D eigenvalue weighted by Crippen LogP contribution is -2.30. The van der Waals surface area contributed by atoms with Crippen molar-refractivity contribution in [2.75, 3.05) is 0 Å². The molecule has 0 spiro atoms. The molecule has 1 aliphatic heterocycles. The third-order valence-electron chi connectivity index (χ3n) is 3.91. The lowest BCUT2D eigenvalue weighted by Gasteiger charge is -2.06. The number of amides is 1. The number of nitrogens with one attached hydrogen (secondary N) is 1. The van der Waals surface area contributed by atoms with E-state index in [9.17, 15) is 13.2 Å². The molecule has 1 amide bonds. The molecule has 4 rings (SSSR count). The Morgan fingerprint density at radius 3 is 2.78 bits per heavy atom. The van der Waals surface area contributed by atoms with Crippen LogP contribution in [0.25, 0.3) is 0 Å². The summed E-state index contributed by atoms with van der Waals surface area (Å²) >= 11 is 0. The second-order valence-electron chi connectivity index (χ2n) is 5.70. The summed E-state index contributed by atoms with van der Waals surface area (Å²) in [6, 6.07) is 4.68. The monoisotopic (exact) mass is 334 g/mol. The van der Waals surface area contributed by atoms with Crippen molar-refractivity contribution in [1.29, 1.82) is 0 Å². The van der Waals surface area contributed by atoms with Crippen LogP contribution in [-0.4, -0.2) is 19.3 Å². The molecular formula is C15H14N2O5S. The summed E-state index contributed by atoms with van der Waals surface area (Å²) in [6.07, 6.45) is 3.16. The quantitative estimate of drug-likeness (QED) is 0.914. The fraction of sp³-hybridized carbons (Fsp3) is 0.333. The molecule has 7 nitrogen and oxygen atoms in total. The summed E-state index contributed by atoms with van der Waals surface area (Å²) in [6.45, 7) is 0.853. The van der Waals surface area contributed by atoms with E-state index in [0.717, 1.165) is 24.0 Å². The number of nitrogens with zero attached hydrogens (tertiary/aromatic N) is 1. The number of aromatic nitrogens is 1. The molecule has 0 saturated heterocycles. The van der Waals surface area contributed by atoms with E-state index in [1.165, 1.54) is 18.4 Å². The van der Waals surface area contributed by atoms with Crippen LogP contribution in [0.2, 0.25) is 0 Å². The maximum Gasteiger partial charge on any atom is 0.286 e. The van der Waals surface area contributed by atoms with Gasteiger partial charge in [0.1, 0.15) is 6.26 Å². The van der Waals surface area contributed by atoms with E-state index >= 15 is 0 Å².